The summed E-state index contributed by atoms with van der Waals surface area (Å²) in [6.07, 6.45) is 0.405. The number of rotatable bonds is 10. The molecule has 1 aromatic heterocycles. The summed E-state index contributed by atoms with van der Waals surface area (Å²) in [6.45, 7) is 5.27. The lowest BCUT2D eigenvalue weighted by atomic mass is 9.87. The molecule has 3 aromatic rings. The molecule has 0 aliphatic heterocycles. The third kappa shape index (κ3) is 6.41. The predicted molar refractivity (Wildman–Crippen MR) is 125 cm³/mol. The van der Waals surface area contributed by atoms with E-state index in [1.807, 2.05) is 0 Å². The molecule has 184 valence electrons. The van der Waals surface area contributed by atoms with Crippen LogP contribution in [0, 0.1) is 17.6 Å². The number of esters is 1. The number of benzene rings is 2. The van der Waals surface area contributed by atoms with Gasteiger partial charge in [-0.2, -0.15) is 0 Å². The predicted octanol–water partition coefficient (Wildman–Crippen LogP) is 5.44. The Hall–Kier alpha value is -3.81. The van der Waals surface area contributed by atoms with Crippen LogP contribution in [0.3, 0.4) is 0 Å². The van der Waals surface area contributed by atoms with Crippen molar-refractivity contribution < 1.29 is 33.0 Å². The Morgan fingerprint density at radius 1 is 0.943 bits per heavy atom. The first-order chi connectivity index (χ1) is 16.7. The lowest BCUT2D eigenvalue weighted by Gasteiger charge is -2.26. The summed E-state index contributed by atoms with van der Waals surface area (Å²) in [6, 6.07) is 13.0. The zero-order chi connectivity index (χ0) is 25.5. The number of halogens is 2. The van der Waals surface area contributed by atoms with Gasteiger partial charge in [0.2, 0.25) is 0 Å². The number of ether oxygens (including phenoxy) is 2. The number of ketones is 1. The number of hydrogen-bond acceptors (Lipinski definition) is 6. The maximum Gasteiger partial charge on any atom is 0.309 e. The zero-order valence-electron chi connectivity index (χ0n) is 19.7. The molecule has 6 nitrogen and oxygen atoms in total. The summed E-state index contributed by atoms with van der Waals surface area (Å²) in [4.78, 5) is 29.5. The number of aromatic hydroxyl groups is 1. The third-order valence-electron chi connectivity index (χ3n) is 5.57. The molecule has 0 bridgehead atoms. The van der Waals surface area contributed by atoms with Gasteiger partial charge < -0.3 is 14.6 Å². The highest BCUT2D eigenvalue weighted by Crippen LogP contribution is 2.32. The second-order valence-electron chi connectivity index (χ2n) is 8.19. The van der Waals surface area contributed by atoms with E-state index in [1.165, 1.54) is 36.5 Å². The van der Waals surface area contributed by atoms with Crippen LogP contribution in [0.25, 0.3) is 0 Å². The van der Waals surface area contributed by atoms with E-state index in [4.69, 9.17) is 9.47 Å². The summed E-state index contributed by atoms with van der Waals surface area (Å²) in [5.41, 5.74) is 1.19. The zero-order valence-corrected chi connectivity index (χ0v) is 19.7. The van der Waals surface area contributed by atoms with Gasteiger partial charge >= 0.3 is 5.97 Å². The van der Waals surface area contributed by atoms with E-state index in [2.05, 4.69) is 4.98 Å². The van der Waals surface area contributed by atoms with Gasteiger partial charge in [-0.3, -0.25) is 9.59 Å². The fraction of sp³-hybridized carbons (Fsp3) is 0.296. The molecule has 1 heterocycles. The Morgan fingerprint density at radius 2 is 1.49 bits per heavy atom. The molecule has 35 heavy (non-hydrogen) atoms. The summed E-state index contributed by atoms with van der Waals surface area (Å²) >= 11 is 0. The molecule has 0 amide bonds. The largest absolute Gasteiger partial charge is 0.503 e. The van der Waals surface area contributed by atoms with Gasteiger partial charge in [0.1, 0.15) is 17.7 Å². The smallest absolute Gasteiger partial charge is 0.309 e. The van der Waals surface area contributed by atoms with E-state index in [1.54, 1.807) is 45.0 Å². The molecule has 0 aliphatic rings. The highest BCUT2D eigenvalue weighted by molar-refractivity contribution is 5.99. The molecule has 3 rings (SSSR count). The van der Waals surface area contributed by atoms with Crippen LogP contribution in [0.1, 0.15) is 54.7 Å². The average molecular weight is 484 g/mol. The lowest BCUT2D eigenvalue weighted by Crippen LogP contribution is -2.28. The van der Waals surface area contributed by atoms with E-state index in [9.17, 15) is 23.5 Å². The van der Waals surface area contributed by atoms with E-state index in [-0.39, 0.29) is 23.6 Å². The second-order valence-corrected chi connectivity index (χ2v) is 8.19. The Morgan fingerprint density at radius 3 is 2.00 bits per heavy atom. The quantitative estimate of drug-likeness (QED) is 0.305. The molecule has 0 unspecified atom stereocenters. The first kappa shape index (κ1) is 25.8. The molecule has 2 atom stereocenters. The standard InChI is InChI=1S/C27H27F2NO5/c1-4-34-23-13-14-30-25(26(23)32)22(31)15-16(2)27(33)35-17(3)24(18-5-9-20(28)10-6-18)19-7-11-21(29)12-8-19/h5-14,16-17,24,32H,4,15H2,1-3H3/t16-,17+/m1/s1. The van der Waals surface area contributed by atoms with E-state index in [0.717, 1.165) is 0 Å². The van der Waals surface area contributed by atoms with Crippen LogP contribution in [0.2, 0.25) is 0 Å². The van der Waals surface area contributed by atoms with Crippen LogP contribution in [0.4, 0.5) is 8.78 Å². The molecule has 0 spiro atoms. The van der Waals surface area contributed by atoms with Crippen molar-refractivity contribution in [1.82, 2.24) is 4.98 Å². The Labute approximate surface area is 202 Å². The molecule has 0 aliphatic carbocycles. The second kappa shape index (κ2) is 11.6. The highest BCUT2D eigenvalue weighted by atomic mass is 19.1. The number of hydrogen-bond donors (Lipinski definition) is 1. The van der Waals surface area contributed by atoms with Crippen molar-refractivity contribution >= 4 is 11.8 Å². The molecule has 8 heteroatoms. The molecule has 2 aromatic carbocycles. The van der Waals surface area contributed by atoms with Crippen LogP contribution in [0.5, 0.6) is 11.5 Å². The van der Waals surface area contributed by atoms with Crippen LogP contribution >= 0.6 is 0 Å². The van der Waals surface area contributed by atoms with Gasteiger partial charge in [-0.25, -0.2) is 13.8 Å². The number of aromatic nitrogens is 1. The van der Waals surface area contributed by atoms with Crippen LogP contribution in [-0.4, -0.2) is 34.6 Å². The first-order valence-electron chi connectivity index (χ1n) is 11.3. The Balaban J connectivity index is 1.75. The number of pyridine rings is 1. The lowest BCUT2D eigenvalue weighted by molar-refractivity contribution is -0.153. The van der Waals surface area contributed by atoms with Crippen molar-refractivity contribution in [2.45, 2.75) is 39.2 Å². The maximum absolute atomic E-state index is 13.5. The average Bonchev–Trinajstić information content (AvgIpc) is 2.83. The summed E-state index contributed by atoms with van der Waals surface area (Å²) in [7, 11) is 0. The van der Waals surface area contributed by atoms with Crippen LogP contribution < -0.4 is 4.74 Å². The molecule has 0 radical (unpaired) electrons. The number of carbonyl (C=O) groups excluding carboxylic acids is 2. The van der Waals surface area contributed by atoms with Crippen LogP contribution in [-0.2, 0) is 9.53 Å². The Kier molecular flexibility index (Phi) is 8.52. The number of Topliss-reactive ketones (excluding diaryl/α,β-unsaturated/α-hetero) is 1. The van der Waals surface area contributed by atoms with Gasteiger partial charge in [0.25, 0.3) is 0 Å². The fourth-order valence-electron chi connectivity index (χ4n) is 3.81. The SMILES string of the molecule is CCOc1ccnc(C(=O)C[C@@H](C)C(=O)O[C@@H](C)C(c2ccc(F)cc2)c2ccc(F)cc2)c1O. The first-order valence-corrected chi connectivity index (χ1v) is 11.3. The minimum atomic E-state index is -0.830. The van der Waals surface area contributed by atoms with Crippen molar-refractivity contribution in [2.24, 2.45) is 5.92 Å². The molecule has 0 saturated carbocycles. The number of nitrogens with zero attached hydrogens (tertiary/aromatic N) is 1. The molecule has 1 N–H and O–H groups in total. The molecule has 0 fully saturated rings. The maximum atomic E-state index is 13.5. The molecular formula is C27H27F2NO5. The van der Waals surface area contributed by atoms with E-state index < -0.39 is 41.3 Å². The monoisotopic (exact) mass is 483 g/mol. The van der Waals surface area contributed by atoms with Gasteiger partial charge in [0.15, 0.2) is 23.0 Å². The minimum Gasteiger partial charge on any atom is -0.503 e. The van der Waals surface area contributed by atoms with Crippen molar-refractivity contribution in [3.8, 4) is 11.5 Å². The van der Waals surface area contributed by atoms with Gasteiger partial charge in [-0.1, -0.05) is 31.2 Å². The van der Waals surface area contributed by atoms with E-state index >= 15 is 0 Å². The van der Waals surface area contributed by atoms with Crippen molar-refractivity contribution in [2.75, 3.05) is 6.61 Å². The topological polar surface area (TPSA) is 85.7 Å². The minimum absolute atomic E-state index is 0.135. The van der Waals surface area contributed by atoms with Gasteiger partial charge in [0.05, 0.1) is 12.5 Å². The van der Waals surface area contributed by atoms with Gasteiger partial charge in [-0.15, -0.1) is 0 Å². The van der Waals surface area contributed by atoms with Crippen molar-refractivity contribution in [3.63, 3.8) is 0 Å². The van der Waals surface area contributed by atoms with E-state index in [0.29, 0.717) is 17.7 Å². The third-order valence-corrected chi connectivity index (χ3v) is 5.57. The van der Waals surface area contributed by atoms with Crippen LogP contribution in [0.15, 0.2) is 60.8 Å². The van der Waals surface area contributed by atoms with Gasteiger partial charge in [-0.05, 0) is 49.2 Å². The Bertz CT molecular complexity index is 1120. The number of carbonyl (C=O) groups is 2. The molecular weight excluding hydrogens is 456 g/mol. The summed E-state index contributed by atoms with van der Waals surface area (Å²) in [5.74, 6) is -3.53. The van der Waals surface area contributed by atoms with Crippen molar-refractivity contribution in [1.29, 1.82) is 0 Å². The highest BCUT2D eigenvalue weighted by Gasteiger charge is 2.29. The van der Waals surface area contributed by atoms with Crippen molar-refractivity contribution in [3.05, 3.63) is 89.2 Å². The summed E-state index contributed by atoms with van der Waals surface area (Å²) in [5, 5.41) is 10.3. The van der Waals surface area contributed by atoms with Gasteiger partial charge in [0, 0.05) is 24.6 Å². The summed E-state index contributed by atoms with van der Waals surface area (Å²) < 4.78 is 37.9. The fourth-order valence-corrected chi connectivity index (χ4v) is 3.81. The normalized spacial score (nSPS) is 12.7. The molecule has 0 saturated heterocycles.